The molecule has 8 nitrogen and oxygen atoms in total. The van der Waals surface area contributed by atoms with Crippen LogP contribution in [-0.4, -0.2) is 67.6 Å². The Kier molecular flexibility index (Phi) is 6.08. The molecule has 2 aliphatic rings. The number of amides is 1. The number of carbonyl (C=O) groups is 1. The van der Waals surface area contributed by atoms with Gasteiger partial charge in [0.1, 0.15) is 5.75 Å². The van der Waals surface area contributed by atoms with Crippen LogP contribution in [0, 0.1) is 0 Å². The number of aliphatic hydroxyl groups is 1. The molecule has 0 bridgehead atoms. The average molecular weight is 414 g/mol. The fourth-order valence-corrected chi connectivity index (χ4v) is 4.30. The Morgan fingerprint density at radius 3 is 2.57 bits per heavy atom. The summed E-state index contributed by atoms with van der Waals surface area (Å²) in [4.78, 5) is 19.3. The van der Waals surface area contributed by atoms with E-state index in [0.717, 1.165) is 66.7 Å². The third-order valence-corrected chi connectivity index (χ3v) is 6.20. The molecular formula is C22H31N5O3. The van der Waals surface area contributed by atoms with Gasteiger partial charge in [-0.2, -0.15) is 0 Å². The van der Waals surface area contributed by atoms with Crippen molar-refractivity contribution in [3.8, 4) is 5.75 Å². The van der Waals surface area contributed by atoms with E-state index in [1.54, 1.807) is 20.4 Å². The zero-order valence-electron chi connectivity index (χ0n) is 17.9. The van der Waals surface area contributed by atoms with Gasteiger partial charge in [-0.1, -0.05) is 0 Å². The van der Waals surface area contributed by atoms with Gasteiger partial charge < -0.3 is 20.5 Å². The smallest absolute Gasteiger partial charge is 0.255 e. The lowest BCUT2D eigenvalue weighted by molar-refractivity contribution is -0.0297. The number of pyridine rings is 1. The monoisotopic (exact) mass is 413 g/mol. The number of rotatable bonds is 7. The second-order valence-electron chi connectivity index (χ2n) is 8.13. The van der Waals surface area contributed by atoms with Gasteiger partial charge in [-0.15, -0.1) is 0 Å². The van der Waals surface area contributed by atoms with Gasteiger partial charge >= 0.3 is 0 Å². The number of ether oxygens (including phenoxy) is 1. The third kappa shape index (κ3) is 4.08. The average Bonchev–Trinajstić information content (AvgIpc) is 3.60. The molecule has 0 radical (unpaired) electrons. The first kappa shape index (κ1) is 20.8. The third-order valence-electron chi connectivity index (χ3n) is 6.20. The van der Waals surface area contributed by atoms with Gasteiger partial charge in [0.25, 0.3) is 5.91 Å². The minimum absolute atomic E-state index is 0.0806. The van der Waals surface area contributed by atoms with Crippen LogP contribution in [0.2, 0.25) is 0 Å². The number of likely N-dealkylation sites (tertiary alicyclic amines) is 1. The Balaban J connectivity index is 1.68. The molecule has 162 valence electrons. The second kappa shape index (κ2) is 8.75. The Morgan fingerprint density at radius 2 is 1.97 bits per heavy atom. The number of aliphatic hydroxyl groups excluding tert-OH is 1. The molecular weight excluding hydrogens is 382 g/mol. The Bertz CT molecular complexity index is 923. The van der Waals surface area contributed by atoms with Crippen molar-refractivity contribution in [2.75, 3.05) is 39.6 Å². The largest absolute Gasteiger partial charge is 0.496 e. The molecule has 1 aromatic heterocycles. The van der Waals surface area contributed by atoms with Crippen LogP contribution in [-0.2, 0) is 0 Å². The van der Waals surface area contributed by atoms with Crippen molar-refractivity contribution in [3.05, 3.63) is 29.5 Å². The number of anilines is 1. The van der Waals surface area contributed by atoms with Gasteiger partial charge in [0.15, 0.2) is 6.35 Å². The number of nitrogens with one attached hydrogen (secondary N) is 3. The molecule has 2 aromatic rings. The van der Waals surface area contributed by atoms with E-state index in [0.29, 0.717) is 17.5 Å². The van der Waals surface area contributed by atoms with E-state index in [1.807, 2.05) is 18.0 Å². The van der Waals surface area contributed by atoms with Crippen molar-refractivity contribution in [3.63, 3.8) is 0 Å². The summed E-state index contributed by atoms with van der Waals surface area (Å²) in [5.74, 6) is 1.06. The maximum absolute atomic E-state index is 12.7. The fourth-order valence-electron chi connectivity index (χ4n) is 4.30. The zero-order valence-corrected chi connectivity index (χ0v) is 17.9. The fraction of sp³-hybridized carbons (Fsp3) is 0.545. The highest BCUT2D eigenvalue weighted by Gasteiger charge is 2.28. The molecule has 1 amide bonds. The van der Waals surface area contributed by atoms with E-state index in [1.165, 1.54) is 0 Å². The lowest BCUT2D eigenvalue weighted by Gasteiger charge is -2.35. The van der Waals surface area contributed by atoms with Gasteiger partial charge in [-0.3, -0.25) is 20.0 Å². The predicted molar refractivity (Wildman–Crippen MR) is 117 cm³/mol. The summed E-state index contributed by atoms with van der Waals surface area (Å²) in [7, 11) is 5.28. The van der Waals surface area contributed by atoms with E-state index in [9.17, 15) is 9.90 Å². The molecule has 1 saturated carbocycles. The van der Waals surface area contributed by atoms with Crippen LogP contribution in [0.1, 0.15) is 47.5 Å². The van der Waals surface area contributed by atoms with Gasteiger partial charge in [-0.25, -0.2) is 0 Å². The quantitative estimate of drug-likeness (QED) is 0.514. The van der Waals surface area contributed by atoms with Crippen LogP contribution in [0.25, 0.3) is 10.9 Å². The van der Waals surface area contributed by atoms with Crippen molar-refractivity contribution in [1.29, 1.82) is 0 Å². The van der Waals surface area contributed by atoms with Crippen molar-refractivity contribution in [1.82, 2.24) is 20.5 Å². The summed E-state index contributed by atoms with van der Waals surface area (Å²) in [5, 5.41) is 20.1. The number of fused-ring (bicyclic) bond motifs is 1. The molecule has 1 atom stereocenters. The molecule has 8 heteroatoms. The Hall–Kier alpha value is -2.42. The first-order chi connectivity index (χ1) is 14.5. The van der Waals surface area contributed by atoms with Crippen LogP contribution in [0.3, 0.4) is 0 Å². The molecule has 2 fully saturated rings. The highest BCUT2D eigenvalue weighted by molar-refractivity contribution is 6.07. The number of carbonyl (C=O) groups excluding carboxylic acids is 1. The summed E-state index contributed by atoms with van der Waals surface area (Å²) < 4.78 is 5.70. The number of nitrogens with zero attached hydrogens (tertiary/aromatic N) is 2. The van der Waals surface area contributed by atoms with E-state index in [2.05, 4.69) is 27.0 Å². The number of benzene rings is 1. The van der Waals surface area contributed by atoms with Gasteiger partial charge in [0, 0.05) is 43.8 Å². The van der Waals surface area contributed by atoms with E-state index in [-0.39, 0.29) is 5.91 Å². The first-order valence-corrected chi connectivity index (χ1v) is 10.6. The van der Waals surface area contributed by atoms with Gasteiger partial charge in [0.05, 0.1) is 23.9 Å². The first-order valence-electron chi connectivity index (χ1n) is 10.6. The summed E-state index contributed by atoms with van der Waals surface area (Å²) in [6, 6.07) is 4.38. The lowest BCUT2D eigenvalue weighted by Crippen LogP contribution is -2.47. The van der Waals surface area contributed by atoms with Gasteiger partial charge in [-0.05, 0) is 50.3 Å². The molecule has 1 unspecified atom stereocenters. The number of hydrogen-bond donors (Lipinski definition) is 4. The summed E-state index contributed by atoms with van der Waals surface area (Å²) >= 11 is 0. The molecule has 0 spiro atoms. The van der Waals surface area contributed by atoms with E-state index >= 15 is 0 Å². The second-order valence-corrected chi connectivity index (χ2v) is 8.13. The number of piperidine rings is 1. The maximum atomic E-state index is 12.7. The van der Waals surface area contributed by atoms with Crippen LogP contribution < -0.4 is 20.7 Å². The van der Waals surface area contributed by atoms with Crippen molar-refractivity contribution in [2.45, 2.75) is 44.0 Å². The summed E-state index contributed by atoms with van der Waals surface area (Å²) in [5.41, 5.74) is 3.29. The normalized spacial score (nSPS) is 18.9. The van der Waals surface area contributed by atoms with Crippen LogP contribution in [0.5, 0.6) is 5.75 Å². The van der Waals surface area contributed by atoms with Crippen molar-refractivity contribution in [2.24, 2.45) is 0 Å². The highest BCUT2D eigenvalue weighted by Crippen LogP contribution is 2.39. The maximum Gasteiger partial charge on any atom is 0.255 e. The minimum atomic E-state index is -0.614. The molecule has 1 saturated heterocycles. The Labute approximate surface area is 177 Å². The lowest BCUT2D eigenvalue weighted by atomic mass is 9.87. The van der Waals surface area contributed by atoms with Gasteiger partial charge in [0.2, 0.25) is 0 Å². The van der Waals surface area contributed by atoms with Crippen LogP contribution in [0.4, 0.5) is 5.69 Å². The number of methoxy groups -OCH3 is 1. The van der Waals surface area contributed by atoms with Crippen LogP contribution >= 0.6 is 0 Å². The van der Waals surface area contributed by atoms with Crippen molar-refractivity contribution < 1.29 is 14.6 Å². The highest BCUT2D eigenvalue weighted by atomic mass is 16.5. The molecule has 4 rings (SSSR count). The Morgan fingerprint density at radius 1 is 1.23 bits per heavy atom. The molecule has 1 aliphatic heterocycles. The SMILES string of the molecule is CNc1c(C(=O)NC2CC2)cnc2cc(OC)c(C3CCN(C(O)NC)CC3)cc12. The van der Waals surface area contributed by atoms with Crippen molar-refractivity contribution >= 4 is 22.5 Å². The molecule has 4 N–H and O–H groups in total. The van der Waals surface area contributed by atoms with Crippen LogP contribution in [0.15, 0.2) is 18.3 Å². The molecule has 1 aliphatic carbocycles. The number of aromatic nitrogens is 1. The van der Waals surface area contributed by atoms with E-state index < -0.39 is 6.35 Å². The minimum Gasteiger partial charge on any atom is -0.496 e. The summed E-state index contributed by atoms with van der Waals surface area (Å²) in [6.07, 6.45) is 4.96. The topological polar surface area (TPSA) is 98.8 Å². The number of hydrogen-bond acceptors (Lipinski definition) is 7. The predicted octanol–water partition coefficient (Wildman–Crippen LogP) is 1.85. The molecule has 1 aromatic carbocycles. The molecule has 30 heavy (non-hydrogen) atoms. The molecule has 2 heterocycles. The standard InChI is InChI=1S/C22H31N5O3/c1-23-20-16-10-15(13-6-8-27(9-7-13)22(29)24-2)19(30-3)11-18(16)25-12-17(20)21(28)26-14-4-5-14/h10-14,22,24,29H,4-9H2,1-3H3,(H,23,25)(H,26,28). The zero-order chi connectivity index (χ0) is 21.3. The van der Waals surface area contributed by atoms with E-state index in [4.69, 9.17) is 4.74 Å². The summed E-state index contributed by atoms with van der Waals surface area (Å²) in [6.45, 7) is 1.60.